The summed E-state index contributed by atoms with van der Waals surface area (Å²) in [5.74, 6) is 0.868. The fraction of sp³-hybridized carbons (Fsp3) is 0.500. The first-order chi connectivity index (χ1) is 8.58. The summed E-state index contributed by atoms with van der Waals surface area (Å²) in [6.45, 7) is 3.60. The molecule has 0 aromatic heterocycles. The number of hydrogen-bond donors (Lipinski definition) is 2. The van der Waals surface area contributed by atoms with Crippen molar-refractivity contribution in [3.8, 4) is 5.75 Å². The summed E-state index contributed by atoms with van der Waals surface area (Å²) in [6.07, 6.45) is 0. The second kappa shape index (κ2) is 6.80. The van der Waals surface area contributed by atoms with Gasteiger partial charge in [0.15, 0.2) is 0 Å². The molecule has 0 aliphatic rings. The highest BCUT2D eigenvalue weighted by molar-refractivity contribution is 5.63. The lowest BCUT2D eigenvalue weighted by Gasteiger charge is -2.13. The van der Waals surface area contributed by atoms with E-state index < -0.39 is 4.92 Å². The highest BCUT2D eigenvalue weighted by Gasteiger charge is 2.15. The summed E-state index contributed by atoms with van der Waals surface area (Å²) in [5, 5.41) is 17.1. The maximum Gasteiger partial charge on any atom is 0.296 e. The van der Waals surface area contributed by atoms with Crippen molar-refractivity contribution in [1.29, 1.82) is 0 Å². The van der Waals surface area contributed by atoms with E-state index in [1.165, 1.54) is 13.2 Å². The van der Waals surface area contributed by atoms with E-state index in [1.807, 2.05) is 7.05 Å². The first-order valence-electron chi connectivity index (χ1n) is 5.79. The minimum atomic E-state index is -0.409. The van der Waals surface area contributed by atoms with Gasteiger partial charge in [-0.15, -0.1) is 0 Å². The largest absolute Gasteiger partial charge is 0.496 e. The number of rotatable bonds is 7. The molecule has 1 aromatic carbocycles. The Kier molecular flexibility index (Phi) is 5.38. The van der Waals surface area contributed by atoms with E-state index in [1.54, 1.807) is 12.1 Å². The molecule has 1 unspecified atom stereocenters. The van der Waals surface area contributed by atoms with Crippen LogP contribution in [-0.4, -0.2) is 32.2 Å². The number of ether oxygens (including phenoxy) is 1. The SMILES string of the molecule is CNCC(C)CNc1ccc(OC)cc1[N+](=O)[O-]. The van der Waals surface area contributed by atoms with Crippen molar-refractivity contribution in [2.75, 3.05) is 32.6 Å². The fourth-order valence-electron chi connectivity index (χ4n) is 1.64. The van der Waals surface area contributed by atoms with Crippen molar-refractivity contribution in [3.05, 3.63) is 28.3 Å². The number of nitrogens with one attached hydrogen (secondary N) is 2. The van der Waals surface area contributed by atoms with Crippen molar-refractivity contribution >= 4 is 11.4 Å². The lowest BCUT2D eigenvalue weighted by atomic mass is 10.1. The smallest absolute Gasteiger partial charge is 0.296 e. The van der Waals surface area contributed by atoms with Gasteiger partial charge in [0.25, 0.3) is 5.69 Å². The summed E-state index contributed by atoms with van der Waals surface area (Å²) in [7, 11) is 3.37. The van der Waals surface area contributed by atoms with E-state index in [4.69, 9.17) is 4.74 Å². The zero-order valence-electron chi connectivity index (χ0n) is 10.9. The van der Waals surface area contributed by atoms with Crippen LogP contribution >= 0.6 is 0 Å². The van der Waals surface area contributed by atoms with Crippen LogP contribution in [0.3, 0.4) is 0 Å². The molecule has 0 spiro atoms. The van der Waals surface area contributed by atoms with Crippen LogP contribution in [-0.2, 0) is 0 Å². The zero-order chi connectivity index (χ0) is 13.5. The van der Waals surface area contributed by atoms with Gasteiger partial charge in [0.1, 0.15) is 11.4 Å². The number of nitrogens with zero attached hydrogens (tertiary/aromatic N) is 1. The van der Waals surface area contributed by atoms with Crippen LogP contribution in [0.15, 0.2) is 18.2 Å². The van der Waals surface area contributed by atoms with E-state index in [0.29, 0.717) is 23.9 Å². The molecule has 0 radical (unpaired) electrons. The molecule has 0 aliphatic carbocycles. The van der Waals surface area contributed by atoms with E-state index >= 15 is 0 Å². The molecule has 2 N–H and O–H groups in total. The Morgan fingerprint density at radius 3 is 2.72 bits per heavy atom. The minimum Gasteiger partial charge on any atom is -0.496 e. The Balaban J connectivity index is 2.78. The van der Waals surface area contributed by atoms with Gasteiger partial charge < -0.3 is 15.4 Å². The molecule has 0 saturated carbocycles. The van der Waals surface area contributed by atoms with Gasteiger partial charge in [-0.25, -0.2) is 0 Å². The molecule has 18 heavy (non-hydrogen) atoms. The van der Waals surface area contributed by atoms with Gasteiger partial charge in [-0.2, -0.15) is 0 Å². The Morgan fingerprint density at radius 2 is 2.17 bits per heavy atom. The number of methoxy groups -OCH3 is 1. The maximum atomic E-state index is 11.0. The van der Waals surface area contributed by atoms with Crippen molar-refractivity contribution in [3.63, 3.8) is 0 Å². The van der Waals surface area contributed by atoms with Gasteiger partial charge in [-0.3, -0.25) is 10.1 Å². The first-order valence-corrected chi connectivity index (χ1v) is 5.79. The van der Waals surface area contributed by atoms with Crippen molar-refractivity contribution < 1.29 is 9.66 Å². The summed E-state index contributed by atoms with van der Waals surface area (Å²) < 4.78 is 4.98. The summed E-state index contributed by atoms with van der Waals surface area (Å²) in [6, 6.07) is 4.80. The monoisotopic (exact) mass is 253 g/mol. The lowest BCUT2D eigenvalue weighted by Crippen LogP contribution is -2.23. The molecule has 0 aliphatic heterocycles. The van der Waals surface area contributed by atoms with Crippen LogP contribution in [0, 0.1) is 16.0 Å². The lowest BCUT2D eigenvalue weighted by molar-refractivity contribution is -0.384. The van der Waals surface area contributed by atoms with Crippen LogP contribution in [0.25, 0.3) is 0 Å². The number of hydrogen-bond acceptors (Lipinski definition) is 5. The Labute approximate surface area is 106 Å². The molecule has 0 bridgehead atoms. The number of nitro groups is 1. The second-order valence-corrected chi connectivity index (χ2v) is 4.18. The second-order valence-electron chi connectivity index (χ2n) is 4.18. The van der Waals surface area contributed by atoms with Crippen LogP contribution in [0.1, 0.15) is 6.92 Å². The Morgan fingerprint density at radius 1 is 1.44 bits per heavy atom. The Bertz CT molecular complexity index is 410. The van der Waals surface area contributed by atoms with Crippen LogP contribution in [0.2, 0.25) is 0 Å². The molecule has 0 saturated heterocycles. The molecule has 6 nitrogen and oxygen atoms in total. The van der Waals surface area contributed by atoms with Gasteiger partial charge in [0.05, 0.1) is 18.1 Å². The minimum absolute atomic E-state index is 0.0333. The number of benzene rings is 1. The third-order valence-corrected chi connectivity index (χ3v) is 2.60. The van der Waals surface area contributed by atoms with E-state index in [9.17, 15) is 10.1 Å². The van der Waals surface area contributed by atoms with E-state index in [0.717, 1.165) is 6.54 Å². The standard InChI is InChI=1S/C12H19N3O3/c1-9(7-13-2)8-14-11-5-4-10(18-3)6-12(11)15(16)17/h4-6,9,13-14H,7-8H2,1-3H3. The number of anilines is 1. The topological polar surface area (TPSA) is 76.4 Å². The summed E-state index contributed by atoms with van der Waals surface area (Å²) in [5.41, 5.74) is 0.551. The normalized spacial score (nSPS) is 11.9. The average Bonchev–Trinajstić information content (AvgIpc) is 2.36. The molecule has 0 amide bonds. The molecule has 6 heteroatoms. The van der Waals surface area contributed by atoms with Crippen LogP contribution < -0.4 is 15.4 Å². The van der Waals surface area contributed by atoms with Crippen molar-refractivity contribution in [1.82, 2.24) is 5.32 Å². The van der Waals surface area contributed by atoms with Gasteiger partial charge >= 0.3 is 0 Å². The molecular formula is C12H19N3O3. The zero-order valence-corrected chi connectivity index (χ0v) is 10.9. The predicted octanol–water partition coefficient (Wildman–Crippen LogP) is 1.87. The maximum absolute atomic E-state index is 11.0. The molecule has 100 valence electrons. The van der Waals surface area contributed by atoms with Crippen LogP contribution in [0.4, 0.5) is 11.4 Å². The molecule has 0 heterocycles. The van der Waals surface area contributed by atoms with Gasteiger partial charge in [-0.1, -0.05) is 6.92 Å². The molecule has 1 atom stereocenters. The molecule has 1 aromatic rings. The van der Waals surface area contributed by atoms with Gasteiger partial charge in [-0.05, 0) is 31.6 Å². The quantitative estimate of drug-likeness (QED) is 0.573. The molecular weight excluding hydrogens is 234 g/mol. The third-order valence-electron chi connectivity index (χ3n) is 2.60. The highest BCUT2D eigenvalue weighted by atomic mass is 16.6. The fourth-order valence-corrected chi connectivity index (χ4v) is 1.64. The summed E-state index contributed by atoms with van der Waals surface area (Å²) >= 11 is 0. The van der Waals surface area contributed by atoms with E-state index in [-0.39, 0.29) is 5.69 Å². The van der Waals surface area contributed by atoms with E-state index in [2.05, 4.69) is 17.6 Å². The molecule has 0 fully saturated rings. The summed E-state index contributed by atoms with van der Waals surface area (Å²) in [4.78, 5) is 10.5. The Hall–Kier alpha value is -1.82. The van der Waals surface area contributed by atoms with Crippen LogP contribution in [0.5, 0.6) is 5.75 Å². The highest BCUT2D eigenvalue weighted by Crippen LogP contribution is 2.28. The van der Waals surface area contributed by atoms with Gasteiger partial charge in [0.2, 0.25) is 0 Å². The number of nitro benzene ring substituents is 1. The molecule has 1 rings (SSSR count). The first kappa shape index (κ1) is 14.2. The predicted molar refractivity (Wildman–Crippen MR) is 71.2 cm³/mol. The average molecular weight is 253 g/mol. The van der Waals surface area contributed by atoms with Crippen molar-refractivity contribution in [2.24, 2.45) is 5.92 Å². The van der Waals surface area contributed by atoms with Gasteiger partial charge in [0, 0.05) is 6.54 Å². The third kappa shape index (κ3) is 3.89. The van der Waals surface area contributed by atoms with Crippen molar-refractivity contribution in [2.45, 2.75) is 6.92 Å².